The topological polar surface area (TPSA) is 113 Å². The molecule has 0 aliphatic heterocycles. The van der Waals surface area contributed by atoms with Gasteiger partial charge in [0.15, 0.2) is 5.76 Å². The number of hydrogen-bond donors (Lipinski definition) is 3. The summed E-state index contributed by atoms with van der Waals surface area (Å²) in [5.74, 6) is 7.58. The van der Waals surface area contributed by atoms with E-state index in [0.717, 1.165) is 42.5 Å². The van der Waals surface area contributed by atoms with Crippen molar-refractivity contribution in [3.63, 3.8) is 0 Å². The third kappa shape index (κ3) is 6.34. The number of carbonyl (C=O) groups is 1. The molecule has 8 heteroatoms. The molecular weight excluding hydrogens is 432 g/mol. The van der Waals surface area contributed by atoms with Gasteiger partial charge < -0.3 is 24.6 Å². The summed E-state index contributed by atoms with van der Waals surface area (Å²) in [6.45, 7) is 2.69. The van der Waals surface area contributed by atoms with Gasteiger partial charge in [0.05, 0.1) is 13.0 Å². The summed E-state index contributed by atoms with van der Waals surface area (Å²) in [6.07, 6.45) is 7.12. The number of nitrogens with zero attached hydrogens (tertiary/aromatic N) is 3. The van der Waals surface area contributed by atoms with Crippen LogP contribution in [-0.4, -0.2) is 43.5 Å². The molecule has 1 atom stereocenters. The Balaban J connectivity index is 1.30. The summed E-state index contributed by atoms with van der Waals surface area (Å²) in [5, 5.41) is 26.0. The zero-order chi connectivity index (χ0) is 23.9. The van der Waals surface area contributed by atoms with Crippen LogP contribution in [0.2, 0.25) is 0 Å². The van der Waals surface area contributed by atoms with E-state index in [1.807, 2.05) is 41.1 Å². The first kappa shape index (κ1) is 23.7. The molecule has 1 fully saturated rings. The number of imidazole rings is 1. The van der Waals surface area contributed by atoms with Crippen molar-refractivity contribution < 1.29 is 19.5 Å². The van der Waals surface area contributed by atoms with Gasteiger partial charge in [-0.15, -0.1) is 0 Å². The first-order chi connectivity index (χ1) is 16.5. The number of carboxylic acids is 1. The van der Waals surface area contributed by atoms with E-state index in [-0.39, 0.29) is 6.42 Å². The number of aromatic nitrogens is 3. The Bertz CT molecular complexity index is 1150. The standard InChI is InChI=1S/C26H30N4O4/c1-18(31)26-28-14-15-30(26)17-23-16-24(34-29-23)21-8-4-19(5-9-21)2-3-20-6-10-22(11-7-20)27-13-12-25(32)33/h4-5,8-9,14-16,18,20,22,27,31H,6-7,10-13,17H2,1H3,(H,32,33)/t18-,20?,22?/m0/s1. The second-order valence-corrected chi connectivity index (χ2v) is 8.76. The minimum atomic E-state index is -0.761. The van der Waals surface area contributed by atoms with Gasteiger partial charge in [-0.3, -0.25) is 4.79 Å². The van der Waals surface area contributed by atoms with E-state index < -0.39 is 12.1 Å². The van der Waals surface area contributed by atoms with Crippen molar-refractivity contribution in [2.45, 2.75) is 57.7 Å². The van der Waals surface area contributed by atoms with E-state index in [0.29, 0.717) is 36.6 Å². The van der Waals surface area contributed by atoms with Gasteiger partial charge in [-0.2, -0.15) is 0 Å². The highest BCUT2D eigenvalue weighted by Gasteiger charge is 2.19. The second-order valence-electron chi connectivity index (χ2n) is 8.76. The van der Waals surface area contributed by atoms with Crippen LogP contribution in [0.15, 0.2) is 47.2 Å². The molecule has 2 aromatic heterocycles. The van der Waals surface area contributed by atoms with Crippen LogP contribution >= 0.6 is 0 Å². The van der Waals surface area contributed by atoms with Gasteiger partial charge in [-0.1, -0.05) is 17.0 Å². The molecule has 4 rings (SSSR count). The van der Waals surface area contributed by atoms with E-state index >= 15 is 0 Å². The van der Waals surface area contributed by atoms with Crippen LogP contribution in [0.1, 0.15) is 62.2 Å². The number of carboxylic acid groups (broad SMARTS) is 1. The van der Waals surface area contributed by atoms with Gasteiger partial charge in [0.1, 0.15) is 17.6 Å². The van der Waals surface area contributed by atoms with E-state index in [1.165, 1.54) is 0 Å². The van der Waals surface area contributed by atoms with Crippen molar-refractivity contribution in [1.29, 1.82) is 0 Å². The van der Waals surface area contributed by atoms with Crippen molar-refractivity contribution in [1.82, 2.24) is 20.0 Å². The summed E-state index contributed by atoms with van der Waals surface area (Å²) in [7, 11) is 0. The fourth-order valence-electron chi connectivity index (χ4n) is 4.25. The zero-order valence-corrected chi connectivity index (χ0v) is 19.3. The number of aliphatic hydroxyl groups is 1. The lowest BCUT2D eigenvalue weighted by molar-refractivity contribution is -0.136. The smallest absolute Gasteiger partial charge is 0.304 e. The molecule has 1 aromatic carbocycles. The highest BCUT2D eigenvalue weighted by Crippen LogP contribution is 2.25. The fraction of sp³-hybridized carbons (Fsp3) is 0.423. The molecule has 0 radical (unpaired) electrons. The fourth-order valence-corrected chi connectivity index (χ4v) is 4.25. The summed E-state index contributed by atoms with van der Waals surface area (Å²) in [4.78, 5) is 14.8. The number of nitrogens with one attached hydrogen (secondary N) is 1. The van der Waals surface area contributed by atoms with Crippen molar-refractivity contribution in [2.75, 3.05) is 6.54 Å². The lowest BCUT2D eigenvalue weighted by Crippen LogP contribution is -2.34. The molecule has 0 unspecified atom stereocenters. The molecule has 178 valence electrons. The van der Waals surface area contributed by atoms with Crippen molar-refractivity contribution in [3.8, 4) is 23.2 Å². The second kappa shape index (κ2) is 11.1. The molecule has 0 saturated heterocycles. The average molecular weight is 463 g/mol. The summed E-state index contributed by atoms with van der Waals surface area (Å²) in [5.41, 5.74) is 2.65. The number of aliphatic hydroxyl groups excluding tert-OH is 1. The predicted octanol–water partition coefficient (Wildman–Crippen LogP) is 3.61. The molecule has 3 aromatic rings. The van der Waals surface area contributed by atoms with Gasteiger partial charge in [-0.05, 0) is 56.9 Å². The van der Waals surface area contributed by atoms with E-state index in [9.17, 15) is 9.90 Å². The van der Waals surface area contributed by atoms with Crippen LogP contribution in [0.5, 0.6) is 0 Å². The number of benzene rings is 1. The van der Waals surface area contributed by atoms with E-state index in [4.69, 9.17) is 9.63 Å². The van der Waals surface area contributed by atoms with Crippen molar-refractivity contribution in [2.24, 2.45) is 5.92 Å². The molecule has 3 N–H and O–H groups in total. The Labute approximate surface area is 199 Å². The lowest BCUT2D eigenvalue weighted by Gasteiger charge is -2.26. The van der Waals surface area contributed by atoms with Gasteiger partial charge in [0.2, 0.25) is 0 Å². The summed E-state index contributed by atoms with van der Waals surface area (Å²) < 4.78 is 7.38. The molecule has 0 spiro atoms. The Morgan fingerprint density at radius 1 is 1.26 bits per heavy atom. The van der Waals surface area contributed by atoms with Gasteiger partial charge >= 0.3 is 5.97 Å². The molecule has 8 nitrogen and oxygen atoms in total. The Morgan fingerprint density at radius 2 is 2.03 bits per heavy atom. The third-order valence-corrected chi connectivity index (χ3v) is 6.10. The quantitative estimate of drug-likeness (QED) is 0.438. The molecule has 1 saturated carbocycles. The maximum atomic E-state index is 10.6. The summed E-state index contributed by atoms with van der Waals surface area (Å²) >= 11 is 0. The summed E-state index contributed by atoms with van der Waals surface area (Å²) in [6, 6.07) is 10.2. The van der Waals surface area contributed by atoms with Crippen LogP contribution in [0.3, 0.4) is 0 Å². The number of aliphatic carboxylic acids is 1. The van der Waals surface area contributed by atoms with E-state index in [2.05, 4.69) is 27.3 Å². The molecule has 34 heavy (non-hydrogen) atoms. The molecule has 1 aliphatic carbocycles. The monoisotopic (exact) mass is 462 g/mol. The zero-order valence-electron chi connectivity index (χ0n) is 19.3. The lowest BCUT2D eigenvalue weighted by atomic mass is 9.86. The van der Waals surface area contributed by atoms with Gasteiger partial charge in [0.25, 0.3) is 0 Å². The minimum Gasteiger partial charge on any atom is -0.481 e. The van der Waals surface area contributed by atoms with Crippen molar-refractivity contribution in [3.05, 3.63) is 59.8 Å². The number of rotatable bonds is 8. The largest absolute Gasteiger partial charge is 0.481 e. The highest BCUT2D eigenvalue weighted by atomic mass is 16.5. The maximum absolute atomic E-state index is 10.6. The molecular formula is C26H30N4O4. The normalized spacial score (nSPS) is 18.8. The Kier molecular flexibility index (Phi) is 7.78. The first-order valence-corrected chi connectivity index (χ1v) is 11.7. The number of hydrogen-bond acceptors (Lipinski definition) is 6. The SMILES string of the molecule is C[C@H](O)c1nccn1Cc1cc(-c2ccc(C#CC3CCC(NCCC(=O)O)CC3)cc2)on1. The van der Waals surface area contributed by atoms with Crippen LogP contribution in [0, 0.1) is 17.8 Å². The average Bonchev–Trinajstić information content (AvgIpc) is 3.49. The first-order valence-electron chi connectivity index (χ1n) is 11.7. The van der Waals surface area contributed by atoms with Crippen molar-refractivity contribution >= 4 is 5.97 Å². The predicted molar refractivity (Wildman–Crippen MR) is 127 cm³/mol. The highest BCUT2D eigenvalue weighted by molar-refractivity contribution is 5.66. The third-order valence-electron chi connectivity index (χ3n) is 6.10. The maximum Gasteiger partial charge on any atom is 0.304 e. The molecule has 0 bridgehead atoms. The minimum absolute atomic E-state index is 0.166. The Hall–Kier alpha value is -3.41. The van der Waals surface area contributed by atoms with Crippen LogP contribution in [0.4, 0.5) is 0 Å². The van der Waals surface area contributed by atoms with Crippen LogP contribution in [0.25, 0.3) is 11.3 Å². The molecule has 0 amide bonds. The molecule has 1 aliphatic rings. The van der Waals surface area contributed by atoms with E-state index in [1.54, 1.807) is 13.1 Å². The van der Waals surface area contributed by atoms with Gasteiger partial charge in [-0.25, -0.2) is 4.98 Å². The van der Waals surface area contributed by atoms with Crippen LogP contribution < -0.4 is 5.32 Å². The van der Waals surface area contributed by atoms with Crippen LogP contribution in [-0.2, 0) is 11.3 Å². The Morgan fingerprint density at radius 3 is 2.74 bits per heavy atom. The molecule has 2 heterocycles. The van der Waals surface area contributed by atoms with Gasteiger partial charge in [0, 0.05) is 48.1 Å².